The Hall–Kier alpha value is -2.61. The van der Waals surface area contributed by atoms with Crippen LogP contribution in [0.1, 0.15) is 26.3 Å². The molecule has 0 radical (unpaired) electrons. The summed E-state index contributed by atoms with van der Waals surface area (Å²) in [5.41, 5.74) is 1.25. The SMILES string of the molecule is CC(NC(=O)C(NC(=O)O)C(C)C)C(=O)Nc1ccc(CO)cc1. The van der Waals surface area contributed by atoms with E-state index in [0.29, 0.717) is 11.3 Å². The lowest BCUT2D eigenvalue weighted by molar-refractivity contribution is -0.128. The van der Waals surface area contributed by atoms with Crippen molar-refractivity contribution in [2.24, 2.45) is 5.92 Å². The minimum absolute atomic E-state index is 0.0894. The van der Waals surface area contributed by atoms with Crippen LogP contribution >= 0.6 is 0 Å². The van der Waals surface area contributed by atoms with Gasteiger partial charge in [-0.2, -0.15) is 0 Å². The summed E-state index contributed by atoms with van der Waals surface area (Å²) in [7, 11) is 0. The Morgan fingerprint density at radius 3 is 2.04 bits per heavy atom. The van der Waals surface area contributed by atoms with Gasteiger partial charge in [0, 0.05) is 5.69 Å². The van der Waals surface area contributed by atoms with Gasteiger partial charge >= 0.3 is 6.09 Å². The largest absolute Gasteiger partial charge is 0.465 e. The van der Waals surface area contributed by atoms with Gasteiger partial charge in [-0.05, 0) is 30.5 Å². The number of hydrogen-bond donors (Lipinski definition) is 5. The van der Waals surface area contributed by atoms with E-state index < -0.39 is 30.0 Å². The zero-order chi connectivity index (χ0) is 18.3. The minimum Gasteiger partial charge on any atom is -0.465 e. The van der Waals surface area contributed by atoms with Gasteiger partial charge in [0.2, 0.25) is 11.8 Å². The van der Waals surface area contributed by atoms with Crippen molar-refractivity contribution in [1.29, 1.82) is 0 Å². The van der Waals surface area contributed by atoms with Crippen LogP contribution in [-0.2, 0) is 16.2 Å². The summed E-state index contributed by atoms with van der Waals surface area (Å²) in [6.45, 7) is 4.82. The summed E-state index contributed by atoms with van der Waals surface area (Å²) in [6, 6.07) is 4.84. The van der Waals surface area contributed by atoms with Crippen LogP contribution in [0, 0.1) is 5.92 Å². The molecule has 0 saturated carbocycles. The molecule has 1 rings (SSSR count). The van der Waals surface area contributed by atoms with Gasteiger partial charge in [-0.25, -0.2) is 4.79 Å². The average Bonchev–Trinajstić information content (AvgIpc) is 2.52. The van der Waals surface area contributed by atoms with Crippen LogP contribution in [0.15, 0.2) is 24.3 Å². The molecular formula is C16H23N3O5. The molecule has 0 heterocycles. The van der Waals surface area contributed by atoms with Crippen molar-refractivity contribution in [2.75, 3.05) is 5.32 Å². The lowest BCUT2D eigenvalue weighted by Crippen LogP contribution is -2.53. The summed E-state index contributed by atoms with van der Waals surface area (Å²) in [6.07, 6.45) is -1.30. The van der Waals surface area contributed by atoms with Crippen LogP contribution in [0.25, 0.3) is 0 Å². The van der Waals surface area contributed by atoms with Crippen molar-refractivity contribution < 1.29 is 24.6 Å². The monoisotopic (exact) mass is 337 g/mol. The van der Waals surface area contributed by atoms with E-state index >= 15 is 0 Å². The topological polar surface area (TPSA) is 128 Å². The van der Waals surface area contributed by atoms with Gasteiger partial charge in [0.05, 0.1) is 6.61 Å². The molecule has 8 heteroatoms. The van der Waals surface area contributed by atoms with Gasteiger partial charge in [-0.3, -0.25) is 9.59 Å². The van der Waals surface area contributed by atoms with E-state index in [1.165, 1.54) is 6.92 Å². The van der Waals surface area contributed by atoms with E-state index in [-0.39, 0.29) is 12.5 Å². The van der Waals surface area contributed by atoms with Gasteiger partial charge < -0.3 is 26.2 Å². The first kappa shape index (κ1) is 19.4. The van der Waals surface area contributed by atoms with Crippen molar-refractivity contribution >= 4 is 23.6 Å². The van der Waals surface area contributed by atoms with E-state index in [4.69, 9.17) is 10.2 Å². The fourth-order valence-electron chi connectivity index (χ4n) is 1.98. The van der Waals surface area contributed by atoms with Crippen molar-refractivity contribution in [1.82, 2.24) is 10.6 Å². The Balaban J connectivity index is 2.64. The number of nitrogens with one attached hydrogen (secondary N) is 3. The highest BCUT2D eigenvalue weighted by molar-refractivity contribution is 5.98. The van der Waals surface area contributed by atoms with E-state index in [2.05, 4.69) is 16.0 Å². The number of aliphatic hydroxyl groups excluding tert-OH is 1. The molecule has 8 nitrogen and oxygen atoms in total. The highest BCUT2D eigenvalue weighted by Crippen LogP contribution is 2.10. The van der Waals surface area contributed by atoms with Crippen LogP contribution in [0.5, 0.6) is 0 Å². The predicted molar refractivity (Wildman–Crippen MR) is 88.4 cm³/mol. The van der Waals surface area contributed by atoms with Gasteiger partial charge in [0.1, 0.15) is 12.1 Å². The third kappa shape index (κ3) is 5.88. The zero-order valence-electron chi connectivity index (χ0n) is 13.9. The van der Waals surface area contributed by atoms with Crippen LogP contribution in [0.2, 0.25) is 0 Å². The maximum atomic E-state index is 12.1. The average molecular weight is 337 g/mol. The first-order chi connectivity index (χ1) is 11.2. The molecule has 0 aliphatic carbocycles. The summed E-state index contributed by atoms with van der Waals surface area (Å²) in [5.74, 6) is -1.26. The van der Waals surface area contributed by atoms with Crippen molar-refractivity contribution in [2.45, 2.75) is 39.5 Å². The van der Waals surface area contributed by atoms with E-state index in [1.807, 2.05) is 0 Å². The Kier molecular flexibility index (Phi) is 7.19. The molecule has 0 bridgehead atoms. The van der Waals surface area contributed by atoms with E-state index in [0.717, 1.165) is 0 Å². The fraction of sp³-hybridized carbons (Fsp3) is 0.438. The van der Waals surface area contributed by atoms with Crippen molar-refractivity contribution in [3.8, 4) is 0 Å². The predicted octanol–water partition coefficient (Wildman–Crippen LogP) is 0.914. The Bertz CT molecular complexity index is 586. The lowest BCUT2D eigenvalue weighted by Gasteiger charge is -2.22. The second kappa shape index (κ2) is 8.88. The summed E-state index contributed by atoms with van der Waals surface area (Å²) in [5, 5.41) is 25.0. The summed E-state index contributed by atoms with van der Waals surface area (Å²) >= 11 is 0. The maximum absolute atomic E-state index is 12.1. The molecule has 0 aliphatic rings. The number of hydrogen-bond acceptors (Lipinski definition) is 4. The molecule has 1 aromatic rings. The minimum atomic E-state index is -1.30. The molecule has 0 aromatic heterocycles. The van der Waals surface area contributed by atoms with Crippen molar-refractivity contribution in [3.05, 3.63) is 29.8 Å². The van der Waals surface area contributed by atoms with E-state index in [9.17, 15) is 14.4 Å². The summed E-state index contributed by atoms with van der Waals surface area (Å²) < 4.78 is 0. The quantitative estimate of drug-likeness (QED) is 0.505. The van der Waals surface area contributed by atoms with Gasteiger partial charge in [-0.15, -0.1) is 0 Å². The fourth-order valence-corrected chi connectivity index (χ4v) is 1.98. The zero-order valence-corrected chi connectivity index (χ0v) is 13.9. The van der Waals surface area contributed by atoms with E-state index in [1.54, 1.807) is 38.1 Å². The molecular weight excluding hydrogens is 314 g/mol. The van der Waals surface area contributed by atoms with Crippen LogP contribution in [0.4, 0.5) is 10.5 Å². The van der Waals surface area contributed by atoms with Crippen molar-refractivity contribution in [3.63, 3.8) is 0 Å². The van der Waals surface area contributed by atoms with Gasteiger partial charge in [0.25, 0.3) is 0 Å². The van der Waals surface area contributed by atoms with Gasteiger partial charge in [0.15, 0.2) is 0 Å². The lowest BCUT2D eigenvalue weighted by atomic mass is 10.0. The number of carbonyl (C=O) groups excluding carboxylic acids is 2. The highest BCUT2D eigenvalue weighted by atomic mass is 16.4. The number of carboxylic acid groups (broad SMARTS) is 1. The normalized spacial score (nSPS) is 13.0. The summed E-state index contributed by atoms with van der Waals surface area (Å²) in [4.78, 5) is 35.0. The Morgan fingerprint density at radius 1 is 1.00 bits per heavy atom. The maximum Gasteiger partial charge on any atom is 0.405 e. The number of rotatable bonds is 7. The first-order valence-electron chi connectivity index (χ1n) is 7.55. The Morgan fingerprint density at radius 2 is 1.58 bits per heavy atom. The van der Waals surface area contributed by atoms with Crippen LogP contribution in [0.3, 0.4) is 0 Å². The molecule has 2 atom stereocenters. The van der Waals surface area contributed by atoms with Crippen LogP contribution in [-0.4, -0.2) is 40.2 Å². The molecule has 0 saturated heterocycles. The first-order valence-corrected chi connectivity index (χ1v) is 7.55. The molecule has 2 unspecified atom stereocenters. The molecule has 1 aromatic carbocycles. The molecule has 24 heavy (non-hydrogen) atoms. The molecule has 0 spiro atoms. The number of aliphatic hydroxyl groups is 1. The molecule has 3 amide bonds. The highest BCUT2D eigenvalue weighted by Gasteiger charge is 2.26. The number of carbonyl (C=O) groups is 3. The Labute approximate surface area is 140 Å². The number of benzene rings is 1. The van der Waals surface area contributed by atoms with Crippen LogP contribution < -0.4 is 16.0 Å². The second-order valence-corrected chi connectivity index (χ2v) is 5.75. The molecule has 0 aliphatic heterocycles. The number of amides is 3. The molecule has 0 fully saturated rings. The number of anilines is 1. The van der Waals surface area contributed by atoms with Gasteiger partial charge in [-0.1, -0.05) is 26.0 Å². The third-order valence-electron chi connectivity index (χ3n) is 3.38. The smallest absolute Gasteiger partial charge is 0.405 e. The second-order valence-electron chi connectivity index (χ2n) is 5.75. The molecule has 132 valence electrons. The molecule has 5 N–H and O–H groups in total. The standard InChI is InChI=1S/C16H23N3O5/c1-9(2)13(19-16(23)24)15(22)17-10(3)14(21)18-12-6-4-11(8-20)5-7-12/h4-7,9-10,13,19-20H,8H2,1-3H3,(H,17,22)(H,18,21)(H,23,24). The third-order valence-corrected chi connectivity index (χ3v) is 3.38.